The lowest BCUT2D eigenvalue weighted by Crippen LogP contribution is -2.31. The molecule has 2 aromatic rings. The van der Waals surface area contributed by atoms with E-state index in [9.17, 15) is 9.59 Å². The standard InChI is InChI=1S/C18H20N2O3/c1-12-5-2-3-8-16(12)14-7-4-6-13(9-14)10-15(18(19)22)11-17(21)20-23/h2-9,15,23H,10-11H2,1H3,(H2,19,22)(H,20,21)/t15-/m1/s1. The zero-order chi connectivity index (χ0) is 16.8. The van der Waals surface area contributed by atoms with Gasteiger partial charge >= 0.3 is 0 Å². The highest BCUT2D eigenvalue weighted by Crippen LogP contribution is 2.25. The highest BCUT2D eigenvalue weighted by atomic mass is 16.5. The fraction of sp³-hybridized carbons (Fsp3) is 0.222. The number of aryl methyl sites for hydroxylation is 1. The Labute approximate surface area is 135 Å². The molecule has 0 bridgehead atoms. The zero-order valence-electron chi connectivity index (χ0n) is 13.0. The van der Waals surface area contributed by atoms with E-state index in [4.69, 9.17) is 10.9 Å². The van der Waals surface area contributed by atoms with Crippen molar-refractivity contribution in [3.63, 3.8) is 0 Å². The first-order valence-corrected chi connectivity index (χ1v) is 7.38. The second-order valence-corrected chi connectivity index (χ2v) is 5.56. The number of benzene rings is 2. The number of hydrogen-bond acceptors (Lipinski definition) is 3. The van der Waals surface area contributed by atoms with E-state index >= 15 is 0 Å². The molecule has 120 valence electrons. The van der Waals surface area contributed by atoms with Gasteiger partial charge in [0.25, 0.3) is 0 Å². The minimum Gasteiger partial charge on any atom is -0.369 e. The van der Waals surface area contributed by atoms with Gasteiger partial charge in [-0.1, -0.05) is 48.5 Å². The second-order valence-electron chi connectivity index (χ2n) is 5.56. The van der Waals surface area contributed by atoms with Crippen LogP contribution in [0.15, 0.2) is 48.5 Å². The van der Waals surface area contributed by atoms with E-state index in [1.165, 1.54) is 5.48 Å². The van der Waals surface area contributed by atoms with Crippen molar-refractivity contribution in [3.05, 3.63) is 59.7 Å². The Bertz CT molecular complexity index is 713. The first-order chi connectivity index (χ1) is 11.0. The molecule has 0 aliphatic carbocycles. The van der Waals surface area contributed by atoms with E-state index < -0.39 is 17.7 Å². The van der Waals surface area contributed by atoms with Gasteiger partial charge in [-0.2, -0.15) is 0 Å². The molecule has 0 saturated heterocycles. The number of carbonyl (C=O) groups excluding carboxylic acids is 2. The van der Waals surface area contributed by atoms with Crippen molar-refractivity contribution in [2.24, 2.45) is 11.7 Å². The third-order valence-electron chi connectivity index (χ3n) is 3.82. The summed E-state index contributed by atoms with van der Waals surface area (Å²) in [7, 11) is 0. The molecule has 1 atom stereocenters. The minimum atomic E-state index is -0.658. The largest absolute Gasteiger partial charge is 0.369 e. The van der Waals surface area contributed by atoms with E-state index in [0.717, 1.165) is 22.3 Å². The molecule has 0 aliphatic heterocycles. The molecule has 2 amide bonds. The Balaban J connectivity index is 2.24. The van der Waals surface area contributed by atoms with Gasteiger partial charge in [0.2, 0.25) is 11.8 Å². The summed E-state index contributed by atoms with van der Waals surface area (Å²) in [5, 5.41) is 8.60. The molecular formula is C18H20N2O3. The van der Waals surface area contributed by atoms with E-state index in [1.807, 2.05) is 55.5 Å². The molecule has 0 aliphatic rings. The second kappa shape index (κ2) is 7.56. The van der Waals surface area contributed by atoms with Crippen molar-refractivity contribution in [1.82, 2.24) is 5.48 Å². The van der Waals surface area contributed by atoms with Crippen molar-refractivity contribution in [1.29, 1.82) is 0 Å². The average Bonchev–Trinajstić information content (AvgIpc) is 2.54. The van der Waals surface area contributed by atoms with Crippen molar-refractivity contribution >= 4 is 11.8 Å². The molecule has 0 saturated carbocycles. The molecule has 23 heavy (non-hydrogen) atoms. The number of carbonyl (C=O) groups is 2. The highest BCUT2D eigenvalue weighted by Gasteiger charge is 2.20. The van der Waals surface area contributed by atoms with Crippen LogP contribution in [0.4, 0.5) is 0 Å². The maximum absolute atomic E-state index is 11.5. The first kappa shape index (κ1) is 16.7. The monoisotopic (exact) mass is 312 g/mol. The van der Waals surface area contributed by atoms with Gasteiger partial charge in [-0.05, 0) is 35.6 Å². The number of hydrogen-bond donors (Lipinski definition) is 3. The van der Waals surface area contributed by atoms with E-state index in [0.29, 0.717) is 6.42 Å². The van der Waals surface area contributed by atoms with Gasteiger partial charge in [-0.25, -0.2) is 5.48 Å². The van der Waals surface area contributed by atoms with Crippen LogP contribution in [0.1, 0.15) is 17.5 Å². The van der Waals surface area contributed by atoms with Gasteiger partial charge in [0, 0.05) is 6.42 Å². The Kier molecular flexibility index (Phi) is 5.49. The molecule has 0 fully saturated rings. The molecule has 2 aromatic carbocycles. The summed E-state index contributed by atoms with van der Waals surface area (Å²) in [6.07, 6.45) is 0.211. The molecule has 2 rings (SSSR count). The number of amides is 2. The summed E-state index contributed by atoms with van der Waals surface area (Å²) >= 11 is 0. The summed E-state index contributed by atoms with van der Waals surface area (Å²) in [5.41, 5.74) is 11.1. The average molecular weight is 312 g/mol. The molecule has 0 aromatic heterocycles. The highest BCUT2D eigenvalue weighted by molar-refractivity contribution is 5.84. The van der Waals surface area contributed by atoms with Crippen LogP contribution in [-0.4, -0.2) is 17.0 Å². The molecular weight excluding hydrogens is 292 g/mol. The van der Waals surface area contributed by atoms with Crippen molar-refractivity contribution < 1.29 is 14.8 Å². The van der Waals surface area contributed by atoms with Crippen molar-refractivity contribution in [2.45, 2.75) is 19.8 Å². The zero-order valence-corrected chi connectivity index (χ0v) is 13.0. The van der Waals surface area contributed by atoms with Gasteiger partial charge in [0.15, 0.2) is 0 Å². The van der Waals surface area contributed by atoms with E-state index in [2.05, 4.69) is 0 Å². The fourth-order valence-electron chi connectivity index (χ4n) is 2.59. The van der Waals surface area contributed by atoms with Gasteiger partial charge in [-0.3, -0.25) is 14.8 Å². The Hall–Kier alpha value is -2.66. The Morgan fingerprint density at radius 1 is 1.17 bits per heavy atom. The smallest absolute Gasteiger partial charge is 0.244 e. The molecule has 0 heterocycles. The third kappa shape index (κ3) is 4.40. The van der Waals surface area contributed by atoms with Crippen LogP contribution < -0.4 is 11.2 Å². The first-order valence-electron chi connectivity index (χ1n) is 7.38. The van der Waals surface area contributed by atoms with Crippen LogP contribution >= 0.6 is 0 Å². The molecule has 0 unspecified atom stereocenters. The summed E-state index contributed by atoms with van der Waals surface area (Å²) in [6.45, 7) is 2.04. The SMILES string of the molecule is Cc1ccccc1-c1cccc(C[C@H](CC(=O)NO)C(N)=O)c1. The number of nitrogens with two attached hydrogens (primary N) is 1. The van der Waals surface area contributed by atoms with Gasteiger partial charge in [0.05, 0.1) is 5.92 Å². The van der Waals surface area contributed by atoms with E-state index in [-0.39, 0.29) is 6.42 Å². The Morgan fingerprint density at radius 3 is 2.57 bits per heavy atom. The lowest BCUT2D eigenvalue weighted by Gasteiger charge is -2.13. The maximum Gasteiger partial charge on any atom is 0.244 e. The number of nitrogens with one attached hydrogen (secondary N) is 1. The van der Waals surface area contributed by atoms with Gasteiger partial charge in [0.1, 0.15) is 0 Å². The fourth-order valence-corrected chi connectivity index (χ4v) is 2.59. The summed E-state index contributed by atoms with van der Waals surface area (Å²) in [5.74, 6) is -1.84. The van der Waals surface area contributed by atoms with Crippen molar-refractivity contribution in [3.8, 4) is 11.1 Å². The summed E-state index contributed by atoms with van der Waals surface area (Å²) in [6, 6.07) is 15.9. The maximum atomic E-state index is 11.5. The molecule has 0 radical (unpaired) electrons. The van der Waals surface area contributed by atoms with Crippen LogP contribution in [0.25, 0.3) is 11.1 Å². The molecule has 4 N–H and O–H groups in total. The van der Waals surface area contributed by atoms with E-state index in [1.54, 1.807) is 0 Å². The normalized spacial score (nSPS) is 11.7. The predicted molar refractivity (Wildman–Crippen MR) is 87.5 cm³/mol. The molecule has 5 nitrogen and oxygen atoms in total. The molecule has 0 spiro atoms. The lowest BCUT2D eigenvalue weighted by atomic mass is 9.92. The lowest BCUT2D eigenvalue weighted by molar-refractivity contribution is -0.133. The van der Waals surface area contributed by atoms with Crippen LogP contribution in [0.2, 0.25) is 0 Å². The summed E-state index contributed by atoms with van der Waals surface area (Å²) in [4.78, 5) is 22.8. The van der Waals surface area contributed by atoms with Gasteiger partial charge in [-0.15, -0.1) is 0 Å². The van der Waals surface area contributed by atoms with Crippen LogP contribution in [-0.2, 0) is 16.0 Å². The summed E-state index contributed by atoms with van der Waals surface area (Å²) < 4.78 is 0. The van der Waals surface area contributed by atoms with Crippen LogP contribution in [0, 0.1) is 12.8 Å². The molecule has 5 heteroatoms. The number of primary amides is 1. The van der Waals surface area contributed by atoms with Crippen LogP contribution in [0.3, 0.4) is 0 Å². The Morgan fingerprint density at radius 2 is 1.91 bits per heavy atom. The number of rotatable bonds is 6. The predicted octanol–water partition coefficient (Wildman–Crippen LogP) is 2.20. The van der Waals surface area contributed by atoms with Gasteiger partial charge < -0.3 is 5.73 Å². The van der Waals surface area contributed by atoms with Crippen LogP contribution in [0.5, 0.6) is 0 Å². The minimum absolute atomic E-state index is 0.138. The quantitative estimate of drug-likeness (QED) is 0.564. The van der Waals surface area contributed by atoms with Crippen molar-refractivity contribution in [2.75, 3.05) is 0 Å². The third-order valence-corrected chi connectivity index (χ3v) is 3.82. The topological polar surface area (TPSA) is 92.4 Å². The number of hydroxylamine groups is 1.